The zero-order valence-electron chi connectivity index (χ0n) is 10.6. The van der Waals surface area contributed by atoms with Gasteiger partial charge in [-0.05, 0) is 32.2 Å². The normalized spacial score (nSPS) is 11.1. The van der Waals surface area contributed by atoms with Crippen molar-refractivity contribution in [3.63, 3.8) is 0 Å². The number of nitrogens with zero attached hydrogens (tertiary/aromatic N) is 1. The van der Waals surface area contributed by atoms with Crippen molar-refractivity contribution in [3.8, 4) is 0 Å². The van der Waals surface area contributed by atoms with E-state index in [0.29, 0.717) is 5.69 Å². The number of nitrogens with one attached hydrogen (secondary N) is 1. The molecule has 0 bridgehead atoms. The van der Waals surface area contributed by atoms with E-state index in [2.05, 4.69) is 35.1 Å². The van der Waals surface area contributed by atoms with Gasteiger partial charge in [0.25, 0.3) is 0 Å². The van der Waals surface area contributed by atoms with E-state index < -0.39 is 5.97 Å². The summed E-state index contributed by atoms with van der Waals surface area (Å²) in [6.45, 7) is 5.14. The molecule has 17 heavy (non-hydrogen) atoms. The quantitative estimate of drug-likeness (QED) is 0.818. The van der Waals surface area contributed by atoms with Crippen LogP contribution in [0.2, 0.25) is 0 Å². The number of thioether (sulfide) groups is 1. The summed E-state index contributed by atoms with van der Waals surface area (Å²) in [5.41, 5.74) is 1.20. The molecule has 0 fully saturated rings. The van der Waals surface area contributed by atoms with Gasteiger partial charge in [-0.1, -0.05) is 0 Å². The smallest absolute Gasteiger partial charge is 0.356 e. The maximum Gasteiger partial charge on any atom is 0.356 e. The number of ether oxygens (including phenoxy) is 1. The molecule has 0 saturated carbocycles. The summed E-state index contributed by atoms with van der Waals surface area (Å²) in [5.74, 6) is -0.419. The number of pyridine rings is 1. The molecule has 1 aromatic heterocycles. The summed E-state index contributed by atoms with van der Waals surface area (Å²) < 4.78 is 4.77. The first-order chi connectivity index (χ1) is 7.98. The molecule has 0 unspecified atom stereocenters. The first-order valence-corrected chi connectivity index (χ1v) is 6.54. The van der Waals surface area contributed by atoms with Gasteiger partial charge in [0.05, 0.1) is 7.11 Å². The highest BCUT2D eigenvalue weighted by Gasteiger charge is 2.15. The average Bonchev–Trinajstić information content (AvgIpc) is 2.36. The number of methoxy groups -OCH3 is 1. The van der Waals surface area contributed by atoms with Gasteiger partial charge in [-0.2, -0.15) is 11.8 Å². The second kappa shape index (κ2) is 5.91. The van der Waals surface area contributed by atoms with Crippen LogP contribution >= 0.6 is 11.8 Å². The molecular weight excluding hydrogens is 236 g/mol. The Labute approximate surface area is 106 Å². The van der Waals surface area contributed by atoms with Crippen LogP contribution in [-0.4, -0.2) is 35.6 Å². The molecule has 94 valence electrons. The van der Waals surface area contributed by atoms with E-state index in [-0.39, 0.29) is 4.75 Å². The molecule has 0 radical (unpaired) electrons. The van der Waals surface area contributed by atoms with Gasteiger partial charge in [-0.25, -0.2) is 9.78 Å². The topological polar surface area (TPSA) is 51.2 Å². The summed E-state index contributed by atoms with van der Waals surface area (Å²) in [5, 5.41) is 3.29. The minimum atomic E-state index is -0.419. The standard InChI is InChI=1S/C12H18N2O2S/c1-12(2,17-4)8-14-9-5-6-13-10(7-9)11(15)16-3/h5-7H,8H2,1-4H3,(H,13,14). The first kappa shape index (κ1) is 13.8. The molecule has 0 amide bonds. The van der Waals surface area contributed by atoms with Gasteiger partial charge < -0.3 is 10.1 Å². The Morgan fingerprint density at radius 3 is 2.88 bits per heavy atom. The highest BCUT2D eigenvalue weighted by Crippen LogP contribution is 2.21. The number of esters is 1. The fourth-order valence-electron chi connectivity index (χ4n) is 1.14. The lowest BCUT2D eigenvalue weighted by Gasteiger charge is -2.22. The van der Waals surface area contributed by atoms with Crippen LogP contribution in [0.3, 0.4) is 0 Å². The van der Waals surface area contributed by atoms with Gasteiger partial charge in [0.1, 0.15) is 5.69 Å². The maximum atomic E-state index is 11.3. The Morgan fingerprint density at radius 2 is 2.29 bits per heavy atom. The molecule has 4 nitrogen and oxygen atoms in total. The molecule has 0 aliphatic heterocycles. The zero-order valence-corrected chi connectivity index (χ0v) is 11.4. The molecule has 0 saturated heterocycles. The predicted octanol–water partition coefficient (Wildman–Crippen LogP) is 2.42. The fourth-order valence-corrected chi connectivity index (χ4v) is 1.36. The lowest BCUT2D eigenvalue weighted by molar-refractivity contribution is 0.0594. The summed E-state index contributed by atoms with van der Waals surface area (Å²) in [4.78, 5) is 15.3. The summed E-state index contributed by atoms with van der Waals surface area (Å²) in [6, 6.07) is 3.53. The van der Waals surface area contributed by atoms with E-state index in [0.717, 1.165) is 12.2 Å². The maximum absolute atomic E-state index is 11.3. The van der Waals surface area contributed by atoms with Crippen LogP contribution in [0.25, 0.3) is 0 Å². The molecule has 0 aromatic carbocycles. The fraction of sp³-hybridized carbons (Fsp3) is 0.500. The van der Waals surface area contributed by atoms with Crippen molar-refractivity contribution in [1.29, 1.82) is 0 Å². The van der Waals surface area contributed by atoms with E-state index >= 15 is 0 Å². The SMILES string of the molecule is COC(=O)c1cc(NCC(C)(C)SC)ccn1. The van der Waals surface area contributed by atoms with Crippen molar-refractivity contribution in [3.05, 3.63) is 24.0 Å². The Balaban J connectivity index is 2.70. The van der Waals surface area contributed by atoms with E-state index in [1.54, 1.807) is 24.0 Å². The number of hydrogen-bond acceptors (Lipinski definition) is 5. The Bertz CT molecular complexity index is 394. The van der Waals surface area contributed by atoms with Crippen molar-refractivity contribution >= 4 is 23.4 Å². The van der Waals surface area contributed by atoms with Gasteiger partial charge in [0.2, 0.25) is 0 Å². The molecule has 1 N–H and O–H groups in total. The van der Waals surface area contributed by atoms with E-state index in [4.69, 9.17) is 0 Å². The molecule has 1 aromatic rings. The molecule has 0 atom stereocenters. The summed E-state index contributed by atoms with van der Waals surface area (Å²) >= 11 is 1.79. The highest BCUT2D eigenvalue weighted by molar-refractivity contribution is 7.99. The summed E-state index contributed by atoms with van der Waals surface area (Å²) in [6.07, 6.45) is 3.68. The average molecular weight is 254 g/mol. The largest absolute Gasteiger partial charge is 0.464 e. The van der Waals surface area contributed by atoms with Crippen LogP contribution in [0, 0.1) is 0 Å². The van der Waals surface area contributed by atoms with Gasteiger partial charge in [0, 0.05) is 23.2 Å². The Kier molecular flexibility index (Phi) is 4.81. The zero-order chi connectivity index (χ0) is 12.9. The van der Waals surface area contributed by atoms with Crippen LogP contribution in [-0.2, 0) is 4.74 Å². The number of anilines is 1. The second-order valence-corrected chi connectivity index (χ2v) is 5.75. The van der Waals surface area contributed by atoms with E-state index in [1.807, 2.05) is 6.07 Å². The molecule has 5 heteroatoms. The van der Waals surface area contributed by atoms with Crippen molar-refractivity contribution in [1.82, 2.24) is 4.98 Å². The monoisotopic (exact) mass is 254 g/mol. The van der Waals surface area contributed by atoms with Gasteiger partial charge in [-0.15, -0.1) is 0 Å². The third-order valence-electron chi connectivity index (χ3n) is 2.43. The number of aromatic nitrogens is 1. The molecule has 0 aliphatic rings. The second-order valence-electron chi connectivity index (χ2n) is 4.24. The highest BCUT2D eigenvalue weighted by atomic mass is 32.2. The van der Waals surface area contributed by atoms with Crippen LogP contribution in [0.5, 0.6) is 0 Å². The van der Waals surface area contributed by atoms with Crippen molar-refractivity contribution in [2.45, 2.75) is 18.6 Å². The number of hydrogen-bond donors (Lipinski definition) is 1. The van der Waals surface area contributed by atoms with Crippen LogP contribution < -0.4 is 5.32 Å². The lowest BCUT2D eigenvalue weighted by Crippen LogP contribution is -2.25. The molecule has 1 rings (SSSR count). The third kappa shape index (κ3) is 4.26. The molecule has 0 spiro atoms. The van der Waals surface area contributed by atoms with Crippen molar-refractivity contribution < 1.29 is 9.53 Å². The van der Waals surface area contributed by atoms with Crippen LogP contribution in [0.1, 0.15) is 24.3 Å². The Hall–Kier alpha value is -1.23. The minimum Gasteiger partial charge on any atom is -0.464 e. The molecule has 0 aliphatic carbocycles. The van der Waals surface area contributed by atoms with Crippen molar-refractivity contribution in [2.75, 3.05) is 25.2 Å². The molecule has 1 heterocycles. The predicted molar refractivity (Wildman–Crippen MR) is 71.7 cm³/mol. The van der Waals surface area contributed by atoms with Crippen molar-refractivity contribution in [2.24, 2.45) is 0 Å². The van der Waals surface area contributed by atoms with Gasteiger partial charge in [-0.3, -0.25) is 0 Å². The number of carbonyl (C=O) groups is 1. The first-order valence-electron chi connectivity index (χ1n) is 5.32. The number of rotatable bonds is 5. The van der Waals surface area contributed by atoms with Gasteiger partial charge in [0.15, 0.2) is 0 Å². The summed E-state index contributed by atoms with van der Waals surface area (Å²) in [7, 11) is 1.35. The van der Waals surface area contributed by atoms with E-state index in [9.17, 15) is 4.79 Å². The lowest BCUT2D eigenvalue weighted by atomic mass is 10.2. The van der Waals surface area contributed by atoms with Crippen LogP contribution in [0.15, 0.2) is 18.3 Å². The molecular formula is C12H18N2O2S. The van der Waals surface area contributed by atoms with Gasteiger partial charge >= 0.3 is 5.97 Å². The minimum absolute atomic E-state index is 0.148. The Morgan fingerprint density at radius 1 is 1.59 bits per heavy atom. The number of carbonyl (C=O) groups excluding carboxylic acids is 1. The third-order valence-corrected chi connectivity index (χ3v) is 3.67. The van der Waals surface area contributed by atoms with E-state index in [1.165, 1.54) is 7.11 Å². The van der Waals surface area contributed by atoms with Crippen LogP contribution in [0.4, 0.5) is 5.69 Å².